The zero-order chi connectivity index (χ0) is 14.8. The molecule has 0 N–H and O–H groups in total. The molecule has 110 valence electrons. The van der Waals surface area contributed by atoms with Crippen molar-refractivity contribution in [2.24, 2.45) is 5.92 Å². The van der Waals surface area contributed by atoms with E-state index < -0.39 is 9.84 Å². The molecular weight excluding hydrogens is 274 g/mol. The lowest BCUT2D eigenvalue weighted by Crippen LogP contribution is -2.41. The second-order valence-corrected chi connectivity index (χ2v) is 7.61. The second kappa shape index (κ2) is 5.95. The third-order valence-corrected chi connectivity index (χ3v) is 5.48. The highest BCUT2D eigenvalue weighted by atomic mass is 32.2. The van der Waals surface area contributed by atoms with E-state index in [-0.39, 0.29) is 23.6 Å². The normalized spacial score (nSPS) is 19.6. The Hall–Kier alpha value is -1.36. The van der Waals surface area contributed by atoms with Gasteiger partial charge in [-0.1, -0.05) is 32.0 Å². The van der Waals surface area contributed by atoms with Crippen molar-refractivity contribution in [2.45, 2.75) is 37.6 Å². The van der Waals surface area contributed by atoms with Gasteiger partial charge < -0.3 is 4.90 Å². The molecule has 5 heteroatoms. The molecule has 0 spiro atoms. The van der Waals surface area contributed by atoms with Crippen LogP contribution in [0.4, 0.5) is 0 Å². The molecule has 4 nitrogen and oxygen atoms in total. The van der Waals surface area contributed by atoms with E-state index in [0.29, 0.717) is 11.4 Å². The van der Waals surface area contributed by atoms with Gasteiger partial charge >= 0.3 is 0 Å². The summed E-state index contributed by atoms with van der Waals surface area (Å²) in [6.45, 7) is 4.37. The molecule has 1 aliphatic rings. The molecule has 0 aliphatic carbocycles. The van der Waals surface area contributed by atoms with Crippen molar-refractivity contribution >= 4 is 15.7 Å². The first-order valence-corrected chi connectivity index (χ1v) is 8.65. The van der Waals surface area contributed by atoms with Gasteiger partial charge in [0.15, 0.2) is 9.84 Å². The van der Waals surface area contributed by atoms with Gasteiger partial charge in [-0.25, -0.2) is 8.42 Å². The average molecular weight is 295 g/mol. The molecule has 20 heavy (non-hydrogen) atoms. The van der Waals surface area contributed by atoms with Gasteiger partial charge in [0.05, 0.1) is 10.6 Å². The number of carbonyl (C=O) groups excluding carboxylic acids is 1. The first-order valence-electron chi connectivity index (χ1n) is 7.00. The van der Waals surface area contributed by atoms with Crippen LogP contribution in [0, 0.1) is 5.92 Å². The van der Waals surface area contributed by atoms with Crippen molar-refractivity contribution in [1.29, 1.82) is 0 Å². The quantitative estimate of drug-likeness (QED) is 0.855. The van der Waals surface area contributed by atoms with Gasteiger partial charge in [0, 0.05) is 18.5 Å². The lowest BCUT2D eigenvalue weighted by molar-refractivity contribution is -0.134. The van der Waals surface area contributed by atoms with Crippen LogP contribution in [0.25, 0.3) is 0 Å². The number of amides is 1. The lowest BCUT2D eigenvalue weighted by Gasteiger charge is -2.26. The molecule has 1 heterocycles. The Morgan fingerprint density at radius 3 is 2.55 bits per heavy atom. The highest BCUT2D eigenvalue weighted by Gasteiger charge is 2.33. The first kappa shape index (κ1) is 15.0. The fourth-order valence-corrected chi connectivity index (χ4v) is 4.23. The molecule has 2 rings (SSSR count). The highest BCUT2D eigenvalue weighted by Crippen LogP contribution is 2.23. The molecule has 0 bridgehead atoms. The molecule has 1 aliphatic heterocycles. The Morgan fingerprint density at radius 1 is 1.30 bits per heavy atom. The lowest BCUT2D eigenvalue weighted by atomic mass is 10.1. The van der Waals surface area contributed by atoms with E-state index in [0.717, 1.165) is 12.8 Å². The Kier molecular flexibility index (Phi) is 4.48. The standard InChI is InChI=1S/C15H21NO3S/c1-12(2)15(17)16-10-6-7-13(16)11-20(18,19)14-8-4-3-5-9-14/h3-5,8-9,12-13H,6-7,10-11H2,1-2H3. The summed E-state index contributed by atoms with van der Waals surface area (Å²) in [6.07, 6.45) is 1.65. The van der Waals surface area contributed by atoms with Crippen LogP contribution in [0.1, 0.15) is 26.7 Å². The zero-order valence-corrected chi connectivity index (χ0v) is 12.8. The van der Waals surface area contributed by atoms with Gasteiger partial charge in [-0.3, -0.25) is 4.79 Å². The van der Waals surface area contributed by atoms with Crippen LogP contribution in [-0.2, 0) is 14.6 Å². The summed E-state index contributed by atoms with van der Waals surface area (Å²) in [5, 5.41) is 0. The van der Waals surface area contributed by atoms with Gasteiger partial charge in [0.1, 0.15) is 0 Å². The summed E-state index contributed by atoms with van der Waals surface area (Å²) < 4.78 is 24.8. The predicted molar refractivity (Wildman–Crippen MR) is 78.1 cm³/mol. The monoisotopic (exact) mass is 295 g/mol. The van der Waals surface area contributed by atoms with Crippen molar-refractivity contribution in [3.63, 3.8) is 0 Å². The number of likely N-dealkylation sites (tertiary alicyclic amines) is 1. The summed E-state index contributed by atoms with van der Waals surface area (Å²) in [6, 6.07) is 8.27. The molecule has 1 saturated heterocycles. The van der Waals surface area contributed by atoms with Crippen molar-refractivity contribution in [3.8, 4) is 0 Å². The van der Waals surface area contributed by atoms with Crippen LogP contribution >= 0.6 is 0 Å². The van der Waals surface area contributed by atoms with Gasteiger partial charge in [-0.15, -0.1) is 0 Å². The first-order chi connectivity index (χ1) is 9.42. The number of hydrogen-bond donors (Lipinski definition) is 0. The summed E-state index contributed by atoms with van der Waals surface area (Å²) in [7, 11) is -3.33. The molecule has 1 amide bonds. The number of nitrogens with zero attached hydrogens (tertiary/aromatic N) is 1. The number of rotatable bonds is 4. The van der Waals surface area contributed by atoms with Crippen LogP contribution in [0.2, 0.25) is 0 Å². The smallest absolute Gasteiger partial charge is 0.225 e. The maximum absolute atomic E-state index is 12.4. The topological polar surface area (TPSA) is 54.5 Å². The largest absolute Gasteiger partial charge is 0.338 e. The third kappa shape index (κ3) is 3.20. The van der Waals surface area contributed by atoms with E-state index in [1.165, 1.54) is 0 Å². The number of benzene rings is 1. The van der Waals surface area contributed by atoms with E-state index in [9.17, 15) is 13.2 Å². The van der Waals surface area contributed by atoms with Gasteiger partial charge in [-0.2, -0.15) is 0 Å². The average Bonchev–Trinajstić information content (AvgIpc) is 2.86. The summed E-state index contributed by atoms with van der Waals surface area (Å²) >= 11 is 0. The molecule has 1 atom stereocenters. The molecule has 1 aromatic carbocycles. The number of sulfone groups is 1. The molecule has 0 radical (unpaired) electrons. The minimum Gasteiger partial charge on any atom is -0.338 e. The predicted octanol–water partition coefficient (Wildman–Crippen LogP) is 2.11. The van der Waals surface area contributed by atoms with E-state index in [2.05, 4.69) is 0 Å². The third-order valence-electron chi connectivity index (χ3n) is 3.67. The maximum Gasteiger partial charge on any atom is 0.225 e. The second-order valence-electron chi connectivity index (χ2n) is 5.58. The van der Waals surface area contributed by atoms with Crippen LogP contribution in [0.3, 0.4) is 0 Å². The zero-order valence-electron chi connectivity index (χ0n) is 12.0. The van der Waals surface area contributed by atoms with E-state index in [1.54, 1.807) is 35.2 Å². The van der Waals surface area contributed by atoms with E-state index in [4.69, 9.17) is 0 Å². The minimum absolute atomic E-state index is 0.0233. The maximum atomic E-state index is 12.4. The Balaban J connectivity index is 2.15. The Labute approximate surface area is 120 Å². The van der Waals surface area contributed by atoms with Crippen LogP contribution < -0.4 is 0 Å². The number of hydrogen-bond acceptors (Lipinski definition) is 3. The molecule has 0 aromatic heterocycles. The van der Waals surface area contributed by atoms with Crippen LogP contribution in [-0.4, -0.2) is 37.6 Å². The van der Waals surface area contributed by atoms with Gasteiger partial charge in [0.2, 0.25) is 5.91 Å². The van der Waals surface area contributed by atoms with E-state index >= 15 is 0 Å². The van der Waals surface area contributed by atoms with Crippen molar-refractivity contribution in [2.75, 3.05) is 12.3 Å². The van der Waals surface area contributed by atoms with Crippen molar-refractivity contribution in [1.82, 2.24) is 4.90 Å². The van der Waals surface area contributed by atoms with Crippen molar-refractivity contribution < 1.29 is 13.2 Å². The Morgan fingerprint density at radius 2 is 1.95 bits per heavy atom. The molecule has 1 aromatic rings. The fourth-order valence-electron chi connectivity index (χ4n) is 2.61. The van der Waals surface area contributed by atoms with Crippen LogP contribution in [0.5, 0.6) is 0 Å². The summed E-state index contributed by atoms with van der Waals surface area (Å²) in [4.78, 5) is 14.2. The highest BCUT2D eigenvalue weighted by molar-refractivity contribution is 7.91. The Bertz CT molecular complexity index is 566. The SMILES string of the molecule is CC(C)C(=O)N1CCCC1CS(=O)(=O)c1ccccc1. The van der Waals surface area contributed by atoms with Crippen molar-refractivity contribution in [3.05, 3.63) is 30.3 Å². The molecule has 0 saturated carbocycles. The van der Waals surface area contributed by atoms with Crippen LogP contribution in [0.15, 0.2) is 35.2 Å². The molecule has 1 fully saturated rings. The van der Waals surface area contributed by atoms with Gasteiger partial charge in [0.25, 0.3) is 0 Å². The molecule has 1 unspecified atom stereocenters. The summed E-state index contributed by atoms with van der Waals surface area (Å²) in [5.41, 5.74) is 0. The minimum atomic E-state index is -3.33. The van der Waals surface area contributed by atoms with E-state index in [1.807, 2.05) is 13.8 Å². The van der Waals surface area contributed by atoms with Gasteiger partial charge in [-0.05, 0) is 25.0 Å². The summed E-state index contributed by atoms with van der Waals surface area (Å²) in [5.74, 6) is -0.0130. The number of carbonyl (C=O) groups is 1. The fraction of sp³-hybridized carbons (Fsp3) is 0.533. The molecular formula is C15H21NO3S.